The Balaban J connectivity index is 3.15. The van der Waals surface area contributed by atoms with Gasteiger partial charge in [0, 0.05) is 0 Å². The van der Waals surface area contributed by atoms with Gasteiger partial charge in [0.2, 0.25) is 0 Å². The number of carbonyl (C=O) groups is 1. The van der Waals surface area contributed by atoms with Crippen molar-refractivity contribution < 1.29 is 4.79 Å². The molecule has 0 spiro atoms. The summed E-state index contributed by atoms with van der Waals surface area (Å²) in [5.74, 6) is -0.485. The third-order valence-corrected chi connectivity index (χ3v) is 2.94. The molecule has 1 amide bonds. The van der Waals surface area contributed by atoms with Gasteiger partial charge in [-0.15, -0.1) is 11.3 Å². The molecule has 0 aromatic carbocycles. The van der Waals surface area contributed by atoms with Crippen molar-refractivity contribution in [2.24, 2.45) is 5.73 Å². The van der Waals surface area contributed by atoms with Crippen molar-refractivity contribution >= 4 is 44.8 Å². The lowest BCUT2D eigenvalue weighted by atomic mass is 10.4. The molecule has 0 aliphatic heterocycles. The maximum atomic E-state index is 10.6. The Morgan fingerprint density at radius 3 is 2.60 bits per heavy atom. The highest BCUT2D eigenvalue weighted by Gasteiger charge is 2.09. The Hall–Kier alpha value is -0.0600. The monoisotopic (exact) mass is 239 g/mol. The van der Waals surface area contributed by atoms with Gasteiger partial charge < -0.3 is 5.73 Å². The van der Waals surface area contributed by atoms with Gasteiger partial charge >= 0.3 is 0 Å². The Morgan fingerprint density at radius 1 is 1.80 bits per heavy atom. The summed E-state index contributed by atoms with van der Waals surface area (Å²) in [7, 11) is 0. The number of nitrogens with two attached hydrogens (primary N) is 1. The van der Waals surface area contributed by atoms with Gasteiger partial charge in [-0.25, -0.2) is 0 Å². The van der Waals surface area contributed by atoms with Crippen LogP contribution in [-0.2, 0) is 0 Å². The van der Waals surface area contributed by atoms with Crippen LogP contribution in [0.3, 0.4) is 0 Å². The van der Waals surface area contributed by atoms with Crippen LogP contribution in [0.1, 0.15) is 9.67 Å². The minimum Gasteiger partial charge on any atom is -0.365 e. The first-order chi connectivity index (χ1) is 4.61. The van der Waals surface area contributed by atoms with Gasteiger partial charge in [-0.1, -0.05) is 11.6 Å². The van der Waals surface area contributed by atoms with E-state index in [9.17, 15) is 4.79 Å². The fourth-order valence-electron chi connectivity index (χ4n) is 0.509. The number of amides is 1. The first-order valence-corrected chi connectivity index (χ1v) is 4.34. The third-order valence-electron chi connectivity index (χ3n) is 0.880. The Bertz CT molecular complexity index is 273. The fourth-order valence-corrected chi connectivity index (χ4v) is 2.37. The number of carbonyl (C=O) groups excluding carboxylic acids is 1. The lowest BCUT2D eigenvalue weighted by Crippen LogP contribution is -2.08. The number of hydrogen-bond donors (Lipinski definition) is 1. The Labute approximate surface area is 75.1 Å². The van der Waals surface area contributed by atoms with Crippen LogP contribution in [0.5, 0.6) is 0 Å². The molecule has 0 radical (unpaired) electrons. The van der Waals surface area contributed by atoms with Crippen LogP contribution in [-0.4, -0.2) is 5.91 Å². The van der Waals surface area contributed by atoms with Crippen molar-refractivity contribution in [2.45, 2.75) is 0 Å². The SMILES string of the molecule is NC(=O)c1sc(Br)cc1Cl. The molecule has 5 heteroatoms. The van der Waals surface area contributed by atoms with Gasteiger partial charge in [0.25, 0.3) is 5.91 Å². The summed E-state index contributed by atoms with van der Waals surface area (Å²) >= 11 is 10.0. The molecule has 1 rings (SSSR count). The average molecular weight is 241 g/mol. The molecule has 54 valence electrons. The standard InChI is InChI=1S/C5H3BrClNOS/c6-3-1-2(7)4(10-3)5(8)9/h1H,(H2,8,9). The number of halogens is 2. The van der Waals surface area contributed by atoms with Crippen molar-refractivity contribution in [3.05, 3.63) is 19.8 Å². The van der Waals surface area contributed by atoms with E-state index in [0.717, 1.165) is 3.79 Å². The molecule has 0 aliphatic carbocycles. The predicted octanol–water partition coefficient (Wildman–Crippen LogP) is 2.26. The van der Waals surface area contributed by atoms with Gasteiger partial charge in [-0.05, 0) is 22.0 Å². The van der Waals surface area contributed by atoms with E-state index in [1.807, 2.05) is 0 Å². The van der Waals surface area contributed by atoms with Crippen LogP contribution in [0.25, 0.3) is 0 Å². The van der Waals surface area contributed by atoms with E-state index in [1.54, 1.807) is 6.07 Å². The summed E-state index contributed by atoms with van der Waals surface area (Å²) in [5, 5.41) is 0.407. The second-order valence-electron chi connectivity index (χ2n) is 1.59. The maximum absolute atomic E-state index is 10.6. The quantitative estimate of drug-likeness (QED) is 0.804. The van der Waals surface area contributed by atoms with E-state index in [0.29, 0.717) is 9.90 Å². The zero-order valence-corrected chi connectivity index (χ0v) is 7.89. The van der Waals surface area contributed by atoms with Gasteiger partial charge in [-0.2, -0.15) is 0 Å². The smallest absolute Gasteiger partial charge is 0.260 e. The lowest BCUT2D eigenvalue weighted by Gasteiger charge is -1.85. The highest BCUT2D eigenvalue weighted by molar-refractivity contribution is 9.11. The summed E-state index contributed by atoms with van der Waals surface area (Å²) in [6, 6.07) is 1.65. The van der Waals surface area contributed by atoms with Gasteiger partial charge in [0.05, 0.1) is 8.81 Å². The highest BCUT2D eigenvalue weighted by Crippen LogP contribution is 2.30. The largest absolute Gasteiger partial charge is 0.365 e. The molecule has 0 fully saturated rings. The molecule has 0 atom stereocenters. The topological polar surface area (TPSA) is 43.1 Å². The van der Waals surface area contributed by atoms with Crippen LogP contribution in [0.2, 0.25) is 5.02 Å². The molecule has 0 bridgehead atoms. The number of thiophene rings is 1. The Morgan fingerprint density at radius 2 is 2.40 bits per heavy atom. The molecule has 0 saturated heterocycles. The molecule has 1 aromatic rings. The van der Waals surface area contributed by atoms with Crippen molar-refractivity contribution in [1.29, 1.82) is 0 Å². The molecule has 1 heterocycles. The predicted molar refractivity (Wildman–Crippen MR) is 45.5 cm³/mol. The van der Waals surface area contributed by atoms with Gasteiger partial charge in [0.15, 0.2) is 0 Å². The summed E-state index contributed by atoms with van der Waals surface area (Å²) in [6.07, 6.45) is 0. The molecule has 0 saturated carbocycles. The van der Waals surface area contributed by atoms with Crippen molar-refractivity contribution in [3.8, 4) is 0 Å². The van der Waals surface area contributed by atoms with Crippen LogP contribution >= 0.6 is 38.9 Å². The Kier molecular flexibility index (Phi) is 2.33. The highest BCUT2D eigenvalue weighted by atomic mass is 79.9. The third kappa shape index (κ3) is 1.51. The van der Waals surface area contributed by atoms with Gasteiger partial charge in [0.1, 0.15) is 4.88 Å². The average Bonchev–Trinajstić information content (AvgIpc) is 2.10. The summed E-state index contributed by atoms with van der Waals surface area (Å²) in [4.78, 5) is 11.0. The molecule has 1 aromatic heterocycles. The lowest BCUT2D eigenvalue weighted by molar-refractivity contribution is 0.100. The first-order valence-electron chi connectivity index (χ1n) is 2.36. The van der Waals surface area contributed by atoms with E-state index in [-0.39, 0.29) is 0 Å². The fraction of sp³-hybridized carbons (Fsp3) is 0. The summed E-state index contributed by atoms with van der Waals surface area (Å²) in [5.41, 5.74) is 4.99. The zero-order chi connectivity index (χ0) is 7.72. The molecule has 0 unspecified atom stereocenters. The summed E-state index contributed by atoms with van der Waals surface area (Å²) in [6.45, 7) is 0. The molecule has 10 heavy (non-hydrogen) atoms. The first kappa shape index (κ1) is 8.04. The summed E-state index contributed by atoms with van der Waals surface area (Å²) < 4.78 is 0.811. The second kappa shape index (κ2) is 2.90. The van der Waals surface area contributed by atoms with Crippen molar-refractivity contribution in [3.63, 3.8) is 0 Å². The normalized spacial score (nSPS) is 9.80. The van der Waals surface area contributed by atoms with E-state index in [4.69, 9.17) is 17.3 Å². The molecule has 0 aliphatic rings. The van der Waals surface area contributed by atoms with Crippen LogP contribution in [0, 0.1) is 0 Å². The maximum Gasteiger partial charge on any atom is 0.260 e. The van der Waals surface area contributed by atoms with E-state index in [2.05, 4.69) is 15.9 Å². The van der Waals surface area contributed by atoms with Crippen molar-refractivity contribution in [1.82, 2.24) is 0 Å². The van der Waals surface area contributed by atoms with Crippen molar-refractivity contribution in [2.75, 3.05) is 0 Å². The molecular weight excluding hydrogens is 237 g/mol. The zero-order valence-electron chi connectivity index (χ0n) is 4.73. The van der Waals surface area contributed by atoms with E-state index >= 15 is 0 Å². The van der Waals surface area contributed by atoms with Crippen LogP contribution < -0.4 is 5.73 Å². The number of rotatable bonds is 1. The molecule has 2 nitrogen and oxygen atoms in total. The molecular formula is C5H3BrClNOS. The molecule has 2 N–H and O–H groups in total. The van der Waals surface area contributed by atoms with E-state index < -0.39 is 5.91 Å². The van der Waals surface area contributed by atoms with Gasteiger partial charge in [-0.3, -0.25) is 4.79 Å². The minimum absolute atomic E-state index is 0.397. The van der Waals surface area contributed by atoms with E-state index in [1.165, 1.54) is 11.3 Å². The van der Waals surface area contributed by atoms with Crippen LogP contribution in [0.4, 0.5) is 0 Å². The number of primary amides is 1. The van der Waals surface area contributed by atoms with Crippen LogP contribution in [0.15, 0.2) is 9.85 Å². The minimum atomic E-state index is -0.485. The number of hydrogen-bond acceptors (Lipinski definition) is 2. The second-order valence-corrected chi connectivity index (χ2v) is 4.43.